The van der Waals surface area contributed by atoms with Gasteiger partial charge in [0, 0.05) is 53.1 Å². The van der Waals surface area contributed by atoms with E-state index in [4.69, 9.17) is 20.2 Å². The van der Waals surface area contributed by atoms with E-state index in [9.17, 15) is 29.2 Å². The molecule has 51 heavy (non-hydrogen) atoms. The highest BCUT2D eigenvalue weighted by Crippen LogP contribution is 2.33. The molecule has 2 rings (SSSR count). The molecule has 3 amide bonds. The SMILES string of the molecule is CC[C@H](C)[C@@H]([C@@H](CC(=O)N1C[C@H](ON)C[C@H]1[C@H](OC)[C@@H](C)C(=O)N1CCC[C@H]1B(O)O)OC)N(C)C(=O)[C@@H](CC(=O)[C@H](C(C)C)N(C)C)C(C)C. The van der Waals surface area contributed by atoms with E-state index < -0.39 is 55.3 Å². The van der Waals surface area contributed by atoms with Gasteiger partial charge in [-0.2, -0.15) is 0 Å². The van der Waals surface area contributed by atoms with Crippen LogP contribution in [0.25, 0.3) is 0 Å². The van der Waals surface area contributed by atoms with Crippen molar-refractivity contribution in [1.82, 2.24) is 19.6 Å². The summed E-state index contributed by atoms with van der Waals surface area (Å²) in [6.07, 6.45) is 0.372. The molecule has 294 valence electrons. The van der Waals surface area contributed by atoms with Crippen LogP contribution in [0.2, 0.25) is 0 Å². The molecule has 0 radical (unpaired) electrons. The van der Waals surface area contributed by atoms with Gasteiger partial charge in [0.25, 0.3) is 0 Å². The van der Waals surface area contributed by atoms with Crippen LogP contribution in [-0.2, 0) is 33.5 Å². The molecule has 2 aliphatic rings. The number of likely N-dealkylation sites (N-methyl/N-ethyl adjacent to an activating group) is 2. The first-order valence-electron chi connectivity index (χ1n) is 18.7. The molecule has 0 aromatic rings. The topological polar surface area (TPSA) is 175 Å². The van der Waals surface area contributed by atoms with Crippen molar-refractivity contribution in [1.29, 1.82) is 0 Å². The summed E-state index contributed by atoms with van der Waals surface area (Å²) in [5, 5.41) is 19.8. The Bertz CT molecular complexity index is 1140. The standard InChI is InChI=1S/C36H68BN5O9/c1-13-23(6)33(40(10)36(46)26(21(2)3)18-28(43)32(22(4)5)39(8)9)29(49-11)19-31(44)42-20-25(51-38)17-27(42)34(50-12)24(7)35(45)41-16-14-15-30(41)37(47)48/h21-27,29-30,32-34,47-48H,13-20,38H2,1-12H3/t23-,24+,25+,26-,27-,29+,30-,32-,33-,34+/m0/s1. The average Bonchev–Trinajstić information content (AvgIpc) is 3.74. The number of likely N-dealkylation sites (tertiary alicyclic amines) is 2. The first-order valence-corrected chi connectivity index (χ1v) is 18.7. The molecule has 2 fully saturated rings. The zero-order valence-corrected chi connectivity index (χ0v) is 33.3. The maximum Gasteiger partial charge on any atom is 0.475 e. The molecule has 2 heterocycles. The number of hydrogen-bond donors (Lipinski definition) is 3. The summed E-state index contributed by atoms with van der Waals surface area (Å²) >= 11 is 0. The van der Waals surface area contributed by atoms with Crippen molar-refractivity contribution in [3.05, 3.63) is 0 Å². The Hall–Kier alpha value is -2.14. The van der Waals surface area contributed by atoms with E-state index in [1.165, 1.54) is 19.1 Å². The van der Waals surface area contributed by atoms with Gasteiger partial charge >= 0.3 is 7.12 Å². The molecule has 4 N–H and O–H groups in total. The van der Waals surface area contributed by atoms with E-state index in [1.54, 1.807) is 23.8 Å². The number of nitrogens with two attached hydrogens (primary N) is 1. The molecular weight excluding hydrogens is 657 g/mol. The Labute approximate surface area is 306 Å². The van der Waals surface area contributed by atoms with Gasteiger partial charge in [-0.15, -0.1) is 0 Å². The fourth-order valence-corrected chi connectivity index (χ4v) is 8.48. The third kappa shape index (κ3) is 11.0. The lowest BCUT2D eigenvalue weighted by Crippen LogP contribution is -2.55. The Morgan fingerprint density at radius 1 is 0.941 bits per heavy atom. The number of amides is 3. The highest BCUT2D eigenvalue weighted by molar-refractivity contribution is 6.43. The minimum absolute atomic E-state index is 0.0268. The molecule has 0 spiro atoms. The lowest BCUT2D eigenvalue weighted by molar-refractivity contribution is -0.150. The molecule has 0 bridgehead atoms. The highest BCUT2D eigenvalue weighted by atomic mass is 16.6. The number of rotatable bonds is 20. The molecule has 14 nitrogen and oxygen atoms in total. The number of ether oxygens (including phenoxy) is 2. The second-order valence-corrected chi connectivity index (χ2v) is 15.7. The highest BCUT2D eigenvalue weighted by Gasteiger charge is 2.48. The number of Topliss-reactive ketones (excluding diaryl/α,β-unsaturated/α-hetero) is 1. The summed E-state index contributed by atoms with van der Waals surface area (Å²) in [6.45, 7) is 14.3. The van der Waals surface area contributed by atoms with Crippen LogP contribution >= 0.6 is 0 Å². The minimum atomic E-state index is -1.65. The van der Waals surface area contributed by atoms with E-state index in [0.717, 1.165) is 6.42 Å². The van der Waals surface area contributed by atoms with Gasteiger partial charge in [-0.3, -0.25) is 28.9 Å². The number of methoxy groups -OCH3 is 2. The molecular formula is C36H68BN5O9. The number of hydrogen-bond acceptors (Lipinski definition) is 11. The second-order valence-electron chi connectivity index (χ2n) is 15.7. The summed E-state index contributed by atoms with van der Waals surface area (Å²) in [5.41, 5.74) is 0. The molecule has 0 aromatic carbocycles. The Kier molecular flexibility index (Phi) is 18.0. The molecule has 0 aromatic heterocycles. The molecule has 10 atom stereocenters. The van der Waals surface area contributed by atoms with Crippen LogP contribution in [0.1, 0.15) is 87.0 Å². The van der Waals surface area contributed by atoms with Crippen molar-refractivity contribution in [3.63, 3.8) is 0 Å². The summed E-state index contributed by atoms with van der Waals surface area (Å²) in [6, 6.07) is -1.34. The van der Waals surface area contributed by atoms with Gasteiger partial charge in [0.15, 0.2) is 5.78 Å². The van der Waals surface area contributed by atoms with Gasteiger partial charge in [0.1, 0.15) is 0 Å². The number of carbonyl (C=O) groups excluding carboxylic acids is 4. The van der Waals surface area contributed by atoms with Crippen LogP contribution in [0.3, 0.4) is 0 Å². The van der Waals surface area contributed by atoms with Crippen molar-refractivity contribution in [2.45, 2.75) is 129 Å². The molecule has 15 heteroatoms. The second kappa shape index (κ2) is 20.4. The van der Waals surface area contributed by atoms with E-state index >= 15 is 0 Å². The Morgan fingerprint density at radius 3 is 2.04 bits per heavy atom. The number of nitrogens with zero attached hydrogens (tertiary/aromatic N) is 4. The van der Waals surface area contributed by atoms with Gasteiger partial charge in [-0.25, -0.2) is 5.90 Å². The number of carbonyl (C=O) groups is 4. The van der Waals surface area contributed by atoms with Crippen molar-refractivity contribution < 1.29 is 43.5 Å². The van der Waals surface area contributed by atoms with Gasteiger partial charge < -0.3 is 34.2 Å². The first kappa shape index (κ1) is 45.0. The fraction of sp³-hybridized carbons (Fsp3) is 0.889. The zero-order valence-electron chi connectivity index (χ0n) is 33.3. The van der Waals surface area contributed by atoms with Gasteiger partial charge in [-0.1, -0.05) is 54.9 Å². The van der Waals surface area contributed by atoms with E-state index in [1.807, 2.05) is 60.5 Å². The molecule has 0 unspecified atom stereocenters. The molecule has 0 saturated carbocycles. The van der Waals surface area contributed by atoms with Crippen molar-refractivity contribution in [2.75, 3.05) is 48.5 Å². The van der Waals surface area contributed by atoms with Crippen molar-refractivity contribution in [2.24, 2.45) is 35.5 Å². The molecule has 2 saturated heterocycles. The van der Waals surface area contributed by atoms with Crippen LogP contribution in [-0.4, -0.2) is 151 Å². The third-order valence-electron chi connectivity index (χ3n) is 11.4. The summed E-state index contributed by atoms with van der Waals surface area (Å²) in [7, 11) is 6.88. The van der Waals surface area contributed by atoms with Crippen LogP contribution in [0.4, 0.5) is 0 Å². The van der Waals surface area contributed by atoms with Crippen LogP contribution in [0.5, 0.6) is 0 Å². The van der Waals surface area contributed by atoms with Crippen LogP contribution < -0.4 is 5.90 Å². The van der Waals surface area contributed by atoms with Crippen molar-refractivity contribution >= 4 is 30.6 Å². The fourth-order valence-electron chi connectivity index (χ4n) is 8.48. The van der Waals surface area contributed by atoms with E-state index in [0.29, 0.717) is 25.8 Å². The van der Waals surface area contributed by atoms with E-state index in [-0.39, 0.29) is 66.7 Å². The monoisotopic (exact) mass is 726 g/mol. The summed E-state index contributed by atoms with van der Waals surface area (Å²) in [5.74, 6) is 2.97. The lowest BCUT2D eigenvalue weighted by atomic mass is 9.77. The minimum Gasteiger partial charge on any atom is -0.426 e. The maximum atomic E-state index is 14.3. The summed E-state index contributed by atoms with van der Waals surface area (Å²) in [4.78, 5) is 67.7. The first-order chi connectivity index (χ1) is 23.9. The zero-order chi connectivity index (χ0) is 38.9. The summed E-state index contributed by atoms with van der Waals surface area (Å²) < 4.78 is 11.9. The Morgan fingerprint density at radius 2 is 1.57 bits per heavy atom. The largest absolute Gasteiger partial charge is 0.475 e. The van der Waals surface area contributed by atoms with E-state index in [2.05, 4.69) is 0 Å². The van der Waals surface area contributed by atoms with Gasteiger partial charge in [0.2, 0.25) is 17.7 Å². The lowest BCUT2D eigenvalue weighted by Gasteiger charge is -2.41. The third-order valence-corrected chi connectivity index (χ3v) is 11.4. The maximum absolute atomic E-state index is 14.3. The van der Waals surface area contributed by atoms with Gasteiger partial charge in [-0.05, 0) is 44.7 Å². The quantitative estimate of drug-likeness (QED) is 0.123. The predicted octanol–water partition coefficient (Wildman–Crippen LogP) is 1.60. The molecule has 0 aliphatic carbocycles. The smallest absolute Gasteiger partial charge is 0.426 e. The van der Waals surface area contributed by atoms with Crippen LogP contribution in [0.15, 0.2) is 0 Å². The van der Waals surface area contributed by atoms with Crippen LogP contribution in [0, 0.1) is 29.6 Å². The normalized spacial score (nSPS) is 23.7. The van der Waals surface area contributed by atoms with Crippen molar-refractivity contribution in [3.8, 4) is 0 Å². The number of ketones is 1. The average molecular weight is 726 g/mol. The predicted molar refractivity (Wildman–Crippen MR) is 196 cm³/mol. The van der Waals surface area contributed by atoms with Gasteiger partial charge in [0.05, 0.1) is 54.7 Å². The Balaban J connectivity index is 2.37. The molecule has 2 aliphatic heterocycles.